The number of amides is 1. The molecule has 1 unspecified atom stereocenters. The lowest BCUT2D eigenvalue weighted by molar-refractivity contribution is -0.149. The van der Waals surface area contributed by atoms with Crippen LogP contribution in [0.3, 0.4) is 0 Å². The molecule has 7 heteroatoms. The fourth-order valence-corrected chi connectivity index (χ4v) is 1.84. The van der Waals surface area contributed by atoms with Gasteiger partial charge in [-0.1, -0.05) is 29.3 Å². The minimum absolute atomic E-state index is 0.0585. The van der Waals surface area contributed by atoms with Gasteiger partial charge in [-0.15, -0.1) is 0 Å². The molecule has 0 aliphatic carbocycles. The minimum atomic E-state index is -0.424. The topological polar surface area (TPSA) is 58.6 Å². The van der Waals surface area contributed by atoms with Gasteiger partial charge < -0.3 is 15.0 Å². The first-order chi connectivity index (χ1) is 9.81. The van der Waals surface area contributed by atoms with Crippen molar-refractivity contribution in [3.63, 3.8) is 0 Å². The molecule has 0 saturated heterocycles. The molecule has 21 heavy (non-hydrogen) atoms. The number of ether oxygens (including phenoxy) is 1. The minimum Gasteiger partial charge on any atom is -0.444 e. The molecule has 0 aliphatic rings. The zero-order valence-electron chi connectivity index (χ0n) is 12.2. The smallest absolute Gasteiger partial charge is 0.304 e. The maximum absolute atomic E-state index is 11.8. The molecule has 0 saturated carbocycles. The first-order valence-corrected chi connectivity index (χ1v) is 7.12. The van der Waals surface area contributed by atoms with E-state index in [9.17, 15) is 9.59 Å². The van der Waals surface area contributed by atoms with Crippen LogP contribution in [0.25, 0.3) is 0 Å². The number of esters is 1. The van der Waals surface area contributed by atoms with Crippen LogP contribution in [-0.2, 0) is 14.3 Å². The molecule has 1 amide bonds. The van der Waals surface area contributed by atoms with E-state index in [0.29, 0.717) is 10.0 Å². The maximum Gasteiger partial charge on any atom is 0.304 e. The van der Waals surface area contributed by atoms with Gasteiger partial charge in [-0.3, -0.25) is 9.59 Å². The zero-order valence-corrected chi connectivity index (χ0v) is 13.7. The number of hydrogen-bond donors (Lipinski definition) is 1. The van der Waals surface area contributed by atoms with E-state index in [1.807, 2.05) is 13.0 Å². The van der Waals surface area contributed by atoms with Crippen LogP contribution in [0.4, 0.5) is 0 Å². The van der Waals surface area contributed by atoms with Gasteiger partial charge in [0.15, 0.2) is 6.73 Å². The summed E-state index contributed by atoms with van der Waals surface area (Å²) in [5, 5.41) is 4.04. The highest BCUT2D eigenvalue weighted by Gasteiger charge is 2.13. The first kappa shape index (κ1) is 17.8. The fourth-order valence-electron chi connectivity index (χ4n) is 1.53. The van der Waals surface area contributed by atoms with Crippen molar-refractivity contribution < 1.29 is 14.3 Å². The molecule has 1 atom stereocenters. The summed E-state index contributed by atoms with van der Waals surface area (Å²) in [5.74, 6) is -0.602. The molecule has 5 nitrogen and oxygen atoms in total. The Kier molecular flexibility index (Phi) is 6.95. The van der Waals surface area contributed by atoms with E-state index in [2.05, 4.69) is 5.32 Å². The molecule has 116 valence electrons. The van der Waals surface area contributed by atoms with E-state index in [1.54, 1.807) is 19.2 Å². The summed E-state index contributed by atoms with van der Waals surface area (Å²) < 4.78 is 4.75. The Morgan fingerprint density at radius 3 is 2.57 bits per heavy atom. The molecule has 1 N–H and O–H groups in total. The summed E-state index contributed by atoms with van der Waals surface area (Å²) >= 11 is 11.8. The van der Waals surface area contributed by atoms with E-state index in [-0.39, 0.29) is 25.2 Å². The van der Waals surface area contributed by atoms with Gasteiger partial charge in [0.25, 0.3) is 0 Å². The highest BCUT2D eigenvalue weighted by molar-refractivity contribution is 6.42. The number of hydrogen-bond acceptors (Lipinski definition) is 4. The number of carbonyl (C=O) groups is 2. The second kappa shape index (κ2) is 8.22. The predicted octanol–water partition coefficient (Wildman–Crippen LogP) is 2.62. The molecular formula is C14H18Cl2N2O3. The lowest BCUT2D eigenvalue weighted by Gasteiger charge is -2.19. The Labute approximate surface area is 134 Å². The Bertz CT molecular complexity index is 523. The van der Waals surface area contributed by atoms with Gasteiger partial charge in [0.2, 0.25) is 5.91 Å². The molecule has 0 aromatic heterocycles. The first-order valence-electron chi connectivity index (χ1n) is 6.37. The molecule has 1 aromatic carbocycles. The van der Waals surface area contributed by atoms with Crippen LogP contribution >= 0.6 is 23.2 Å². The Morgan fingerprint density at radius 2 is 2.00 bits per heavy atom. The van der Waals surface area contributed by atoms with Crippen LogP contribution in [-0.4, -0.2) is 37.1 Å². The monoisotopic (exact) mass is 332 g/mol. The van der Waals surface area contributed by atoms with Crippen molar-refractivity contribution >= 4 is 35.1 Å². The number of nitrogens with one attached hydrogen (secondary N) is 1. The molecular weight excluding hydrogens is 315 g/mol. The van der Waals surface area contributed by atoms with E-state index < -0.39 is 5.97 Å². The van der Waals surface area contributed by atoms with E-state index in [1.165, 1.54) is 11.8 Å². The SMILES string of the molecule is CC(=O)OCN(C)C(=O)CNC(C)c1ccc(Cl)c(Cl)c1. The van der Waals surface area contributed by atoms with E-state index in [4.69, 9.17) is 27.9 Å². The zero-order chi connectivity index (χ0) is 16.0. The number of carbonyl (C=O) groups excluding carboxylic acids is 2. The highest BCUT2D eigenvalue weighted by Crippen LogP contribution is 2.25. The largest absolute Gasteiger partial charge is 0.444 e. The van der Waals surface area contributed by atoms with Crippen molar-refractivity contribution in [3.05, 3.63) is 33.8 Å². The quantitative estimate of drug-likeness (QED) is 0.642. The maximum atomic E-state index is 11.8. The number of nitrogens with zero attached hydrogens (tertiary/aromatic N) is 1. The summed E-state index contributed by atoms with van der Waals surface area (Å²) in [6.07, 6.45) is 0. The molecule has 1 aromatic rings. The summed E-state index contributed by atoms with van der Waals surface area (Å²) in [7, 11) is 1.57. The van der Waals surface area contributed by atoms with Gasteiger partial charge in [-0.05, 0) is 24.6 Å². The van der Waals surface area contributed by atoms with Gasteiger partial charge in [-0.2, -0.15) is 0 Å². The lowest BCUT2D eigenvalue weighted by Crippen LogP contribution is -2.38. The van der Waals surface area contributed by atoms with Gasteiger partial charge in [0, 0.05) is 20.0 Å². The molecule has 0 bridgehead atoms. The van der Waals surface area contributed by atoms with Crippen molar-refractivity contribution in [1.82, 2.24) is 10.2 Å². The Morgan fingerprint density at radius 1 is 1.33 bits per heavy atom. The molecule has 0 radical (unpaired) electrons. The van der Waals surface area contributed by atoms with Gasteiger partial charge in [-0.25, -0.2) is 0 Å². The third-order valence-electron chi connectivity index (χ3n) is 2.89. The van der Waals surface area contributed by atoms with Gasteiger partial charge in [0.05, 0.1) is 16.6 Å². The standard InChI is InChI=1S/C14H18Cl2N2O3/c1-9(11-4-5-12(15)13(16)6-11)17-7-14(20)18(3)8-21-10(2)19/h4-6,9,17H,7-8H2,1-3H3. The number of halogens is 2. The highest BCUT2D eigenvalue weighted by atomic mass is 35.5. The van der Waals surface area contributed by atoms with E-state index in [0.717, 1.165) is 5.56 Å². The van der Waals surface area contributed by atoms with Crippen LogP contribution in [0.1, 0.15) is 25.5 Å². The third-order valence-corrected chi connectivity index (χ3v) is 3.63. The van der Waals surface area contributed by atoms with Crippen molar-refractivity contribution in [1.29, 1.82) is 0 Å². The summed E-state index contributed by atoms with van der Waals surface area (Å²) in [6.45, 7) is 3.28. The van der Waals surface area contributed by atoms with Crippen LogP contribution in [0.5, 0.6) is 0 Å². The molecule has 0 heterocycles. The van der Waals surface area contributed by atoms with Crippen LogP contribution in [0, 0.1) is 0 Å². The summed E-state index contributed by atoms with van der Waals surface area (Å²) in [4.78, 5) is 23.8. The average Bonchev–Trinajstić information content (AvgIpc) is 2.44. The van der Waals surface area contributed by atoms with Crippen LogP contribution in [0.2, 0.25) is 10.0 Å². The number of likely N-dealkylation sites (N-methyl/N-ethyl adjacent to an activating group) is 1. The predicted molar refractivity (Wildman–Crippen MR) is 82.3 cm³/mol. The molecule has 0 fully saturated rings. The van der Waals surface area contributed by atoms with Crippen molar-refractivity contribution in [2.75, 3.05) is 20.3 Å². The normalized spacial score (nSPS) is 11.9. The molecule has 0 spiro atoms. The number of rotatable bonds is 6. The van der Waals surface area contributed by atoms with Crippen LogP contribution in [0.15, 0.2) is 18.2 Å². The summed E-state index contributed by atoms with van der Waals surface area (Å²) in [6, 6.07) is 5.25. The van der Waals surface area contributed by atoms with Crippen molar-refractivity contribution in [2.24, 2.45) is 0 Å². The summed E-state index contributed by atoms with van der Waals surface area (Å²) in [5.41, 5.74) is 0.930. The van der Waals surface area contributed by atoms with Gasteiger partial charge >= 0.3 is 5.97 Å². The number of benzene rings is 1. The Hall–Kier alpha value is -1.30. The molecule has 0 aliphatic heterocycles. The molecule has 1 rings (SSSR count). The second-order valence-corrected chi connectivity index (χ2v) is 5.45. The van der Waals surface area contributed by atoms with E-state index >= 15 is 0 Å². The van der Waals surface area contributed by atoms with Crippen LogP contribution < -0.4 is 5.32 Å². The average molecular weight is 333 g/mol. The lowest BCUT2D eigenvalue weighted by atomic mass is 10.1. The fraction of sp³-hybridized carbons (Fsp3) is 0.429. The second-order valence-electron chi connectivity index (χ2n) is 4.63. The third kappa shape index (κ3) is 5.91. The van der Waals surface area contributed by atoms with Crippen molar-refractivity contribution in [3.8, 4) is 0 Å². The van der Waals surface area contributed by atoms with Crippen molar-refractivity contribution in [2.45, 2.75) is 19.9 Å². The van der Waals surface area contributed by atoms with Gasteiger partial charge in [0.1, 0.15) is 0 Å². The Balaban J connectivity index is 2.48.